The SMILES string of the molecule is COC(=O)C(C[N+]1(CC(N)=O)CCOCC1)c1cccc2ccc(OC)cc12. The number of carbonyl (C=O) groups excluding carboxylic acids is 2. The lowest BCUT2D eigenvalue weighted by atomic mass is 9.91. The fourth-order valence-corrected chi connectivity index (χ4v) is 4.00. The summed E-state index contributed by atoms with van der Waals surface area (Å²) in [6.07, 6.45) is 0. The average molecular weight is 387 g/mol. The lowest BCUT2D eigenvalue weighted by molar-refractivity contribution is -0.928. The molecular formula is C21H27N2O5+. The van der Waals surface area contributed by atoms with Crippen molar-refractivity contribution in [3.63, 3.8) is 0 Å². The van der Waals surface area contributed by atoms with Crippen molar-refractivity contribution in [2.45, 2.75) is 5.92 Å². The van der Waals surface area contributed by atoms with Gasteiger partial charge in [-0.3, -0.25) is 9.59 Å². The van der Waals surface area contributed by atoms with Crippen LogP contribution in [0, 0.1) is 0 Å². The minimum atomic E-state index is -0.529. The fraction of sp³-hybridized carbons (Fsp3) is 0.429. The molecule has 1 fully saturated rings. The highest BCUT2D eigenvalue weighted by Gasteiger charge is 2.39. The van der Waals surface area contributed by atoms with E-state index in [1.165, 1.54) is 7.11 Å². The minimum absolute atomic E-state index is 0.172. The Balaban J connectivity index is 2.06. The number of nitrogens with two attached hydrogens (primary N) is 1. The molecule has 1 aliphatic rings. The van der Waals surface area contributed by atoms with Gasteiger partial charge in [0.2, 0.25) is 0 Å². The molecule has 1 heterocycles. The van der Waals surface area contributed by atoms with Gasteiger partial charge in [0.05, 0.1) is 34.0 Å². The van der Waals surface area contributed by atoms with Gasteiger partial charge in [-0.05, 0) is 28.5 Å². The molecule has 0 radical (unpaired) electrons. The number of carbonyl (C=O) groups is 2. The molecule has 28 heavy (non-hydrogen) atoms. The Bertz CT molecular complexity index is 861. The highest BCUT2D eigenvalue weighted by Crippen LogP contribution is 2.32. The van der Waals surface area contributed by atoms with Gasteiger partial charge in [0.1, 0.15) is 24.8 Å². The number of methoxy groups -OCH3 is 2. The second-order valence-electron chi connectivity index (χ2n) is 7.22. The second-order valence-corrected chi connectivity index (χ2v) is 7.22. The number of esters is 1. The molecule has 1 unspecified atom stereocenters. The molecule has 1 amide bonds. The van der Waals surface area contributed by atoms with E-state index in [9.17, 15) is 9.59 Å². The summed E-state index contributed by atoms with van der Waals surface area (Å²) in [5.74, 6) is -0.525. The van der Waals surface area contributed by atoms with Gasteiger partial charge in [-0.25, -0.2) is 0 Å². The van der Waals surface area contributed by atoms with Crippen molar-refractivity contribution in [2.24, 2.45) is 5.73 Å². The Morgan fingerprint density at radius 3 is 2.57 bits per heavy atom. The number of ether oxygens (including phenoxy) is 3. The number of hydrogen-bond donors (Lipinski definition) is 1. The van der Waals surface area contributed by atoms with Crippen molar-refractivity contribution in [3.8, 4) is 5.75 Å². The van der Waals surface area contributed by atoms with Gasteiger partial charge in [-0.2, -0.15) is 0 Å². The third-order valence-corrected chi connectivity index (χ3v) is 5.47. The quantitative estimate of drug-likeness (QED) is 0.574. The van der Waals surface area contributed by atoms with Gasteiger partial charge in [-0.1, -0.05) is 24.3 Å². The standard InChI is InChI=1S/C21H26N2O5/c1-26-16-7-6-15-4-3-5-17(18(15)12-16)19(21(25)27-2)13-23(14-20(22)24)8-10-28-11-9-23/h3-7,12,19H,8-11,13-14H2,1-2H3,(H-,22,24)/p+1. The summed E-state index contributed by atoms with van der Waals surface area (Å²) in [4.78, 5) is 24.6. The number of benzene rings is 2. The first-order chi connectivity index (χ1) is 13.5. The second kappa shape index (κ2) is 8.58. The summed E-state index contributed by atoms with van der Waals surface area (Å²) in [5, 5.41) is 1.94. The van der Waals surface area contributed by atoms with Crippen LogP contribution < -0.4 is 10.5 Å². The molecule has 1 aliphatic heterocycles. The Morgan fingerprint density at radius 2 is 1.93 bits per heavy atom. The maximum absolute atomic E-state index is 12.8. The molecule has 2 N–H and O–H groups in total. The predicted octanol–water partition coefficient (Wildman–Crippen LogP) is 1.44. The van der Waals surface area contributed by atoms with Crippen LogP contribution in [0.2, 0.25) is 0 Å². The van der Waals surface area contributed by atoms with Gasteiger partial charge in [0.25, 0.3) is 5.91 Å². The van der Waals surface area contributed by atoms with Crippen LogP contribution in [0.1, 0.15) is 11.5 Å². The zero-order chi connectivity index (χ0) is 20.1. The van der Waals surface area contributed by atoms with E-state index >= 15 is 0 Å². The lowest BCUT2D eigenvalue weighted by Gasteiger charge is -2.42. The normalized spacial score (nSPS) is 17.1. The first-order valence-corrected chi connectivity index (χ1v) is 9.34. The smallest absolute Gasteiger partial charge is 0.318 e. The third kappa shape index (κ3) is 4.26. The largest absolute Gasteiger partial charge is 0.497 e. The summed E-state index contributed by atoms with van der Waals surface area (Å²) in [7, 11) is 3.00. The van der Waals surface area contributed by atoms with Crippen LogP contribution in [0.5, 0.6) is 5.75 Å². The van der Waals surface area contributed by atoms with Crippen LogP contribution >= 0.6 is 0 Å². The zero-order valence-corrected chi connectivity index (χ0v) is 16.3. The van der Waals surface area contributed by atoms with E-state index < -0.39 is 5.92 Å². The first kappa shape index (κ1) is 20.1. The van der Waals surface area contributed by atoms with E-state index in [4.69, 9.17) is 19.9 Å². The number of nitrogens with zero attached hydrogens (tertiary/aromatic N) is 1. The van der Waals surface area contributed by atoms with Crippen LogP contribution in [0.3, 0.4) is 0 Å². The van der Waals surface area contributed by atoms with Crippen molar-refractivity contribution >= 4 is 22.6 Å². The minimum Gasteiger partial charge on any atom is -0.497 e. The van der Waals surface area contributed by atoms with Crippen molar-refractivity contribution in [3.05, 3.63) is 42.0 Å². The van der Waals surface area contributed by atoms with Crippen molar-refractivity contribution in [1.29, 1.82) is 0 Å². The Hall–Kier alpha value is -2.64. The summed E-state index contributed by atoms with van der Waals surface area (Å²) in [5.41, 5.74) is 6.39. The van der Waals surface area contributed by atoms with E-state index in [0.717, 1.165) is 22.1 Å². The molecule has 0 aliphatic carbocycles. The number of amides is 1. The van der Waals surface area contributed by atoms with Crippen LogP contribution in [-0.2, 0) is 19.1 Å². The fourth-order valence-electron chi connectivity index (χ4n) is 4.00. The summed E-state index contributed by atoms with van der Waals surface area (Å²) in [6, 6.07) is 11.6. The topological polar surface area (TPSA) is 87.9 Å². The molecular weight excluding hydrogens is 360 g/mol. The van der Waals surface area contributed by atoms with E-state index in [-0.39, 0.29) is 18.4 Å². The van der Waals surface area contributed by atoms with Crippen molar-refractivity contribution < 1.29 is 28.3 Å². The molecule has 0 saturated carbocycles. The molecule has 2 aromatic rings. The van der Waals surface area contributed by atoms with Gasteiger partial charge >= 0.3 is 5.97 Å². The molecule has 150 valence electrons. The zero-order valence-electron chi connectivity index (χ0n) is 16.3. The molecule has 3 rings (SSSR count). The average Bonchev–Trinajstić information content (AvgIpc) is 2.71. The summed E-state index contributed by atoms with van der Waals surface area (Å²) < 4.78 is 16.4. The Morgan fingerprint density at radius 1 is 1.18 bits per heavy atom. The van der Waals surface area contributed by atoms with E-state index in [1.807, 2.05) is 36.4 Å². The van der Waals surface area contributed by atoms with E-state index in [2.05, 4.69) is 0 Å². The number of rotatable bonds is 7. The first-order valence-electron chi connectivity index (χ1n) is 9.34. The third-order valence-electron chi connectivity index (χ3n) is 5.47. The maximum atomic E-state index is 12.8. The molecule has 0 aromatic heterocycles. The molecule has 0 spiro atoms. The number of morpholine rings is 1. The highest BCUT2D eigenvalue weighted by atomic mass is 16.5. The van der Waals surface area contributed by atoms with Crippen molar-refractivity contribution in [1.82, 2.24) is 0 Å². The number of hydrogen-bond acceptors (Lipinski definition) is 5. The van der Waals surface area contributed by atoms with Crippen LogP contribution in [0.4, 0.5) is 0 Å². The molecule has 7 heteroatoms. The van der Waals surface area contributed by atoms with Gasteiger partial charge < -0.3 is 24.4 Å². The van der Waals surface area contributed by atoms with E-state index in [1.54, 1.807) is 7.11 Å². The summed E-state index contributed by atoms with van der Waals surface area (Å²) in [6.45, 7) is 2.92. The highest BCUT2D eigenvalue weighted by molar-refractivity contribution is 5.92. The summed E-state index contributed by atoms with van der Waals surface area (Å²) >= 11 is 0. The van der Waals surface area contributed by atoms with Gasteiger partial charge in [0, 0.05) is 0 Å². The van der Waals surface area contributed by atoms with Gasteiger partial charge in [0.15, 0.2) is 6.54 Å². The molecule has 1 atom stereocenters. The van der Waals surface area contributed by atoms with Crippen LogP contribution in [-0.4, -0.2) is 70.0 Å². The van der Waals surface area contributed by atoms with Crippen molar-refractivity contribution in [2.75, 3.05) is 53.6 Å². The number of quaternary nitrogens is 1. The monoisotopic (exact) mass is 387 g/mol. The predicted molar refractivity (Wildman–Crippen MR) is 105 cm³/mol. The maximum Gasteiger partial charge on any atom is 0.318 e. The van der Waals surface area contributed by atoms with Crippen LogP contribution in [0.15, 0.2) is 36.4 Å². The Kier molecular flexibility index (Phi) is 6.16. The molecule has 1 saturated heterocycles. The lowest BCUT2D eigenvalue weighted by Crippen LogP contribution is -2.60. The number of fused-ring (bicyclic) bond motifs is 1. The van der Waals surface area contributed by atoms with Gasteiger partial charge in [-0.15, -0.1) is 0 Å². The Labute approximate surface area is 164 Å². The van der Waals surface area contributed by atoms with Crippen LogP contribution in [0.25, 0.3) is 10.8 Å². The molecule has 2 aromatic carbocycles. The van der Waals surface area contributed by atoms with E-state index in [0.29, 0.717) is 37.3 Å². The molecule has 7 nitrogen and oxygen atoms in total. The molecule has 0 bridgehead atoms. The number of primary amides is 1.